The van der Waals surface area contributed by atoms with E-state index in [9.17, 15) is 14.3 Å². The molecule has 148 valence electrons. The van der Waals surface area contributed by atoms with Crippen LogP contribution in [0.15, 0.2) is 54.7 Å². The van der Waals surface area contributed by atoms with Crippen LogP contribution < -0.4 is 4.74 Å². The molecule has 1 N–H and O–H groups in total. The van der Waals surface area contributed by atoms with Gasteiger partial charge in [-0.1, -0.05) is 17.7 Å². The van der Waals surface area contributed by atoms with E-state index in [1.54, 1.807) is 4.90 Å². The van der Waals surface area contributed by atoms with Crippen molar-refractivity contribution >= 4 is 17.5 Å². The topological polar surface area (TPSA) is 54.7 Å². The number of likely N-dealkylation sites (tertiary alicyclic amines) is 1. The molecule has 0 radical (unpaired) electrons. The second kappa shape index (κ2) is 6.52. The number of ether oxygens (including phenoxy) is 1. The number of para-hydroxylation sites is 1. The fourth-order valence-electron chi connectivity index (χ4n) is 4.28. The summed E-state index contributed by atoms with van der Waals surface area (Å²) >= 11 is 6.17. The minimum Gasteiger partial charge on any atom is -0.504 e. The Morgan fingerprint density at radius 1 is 1.14 bits per heavy atom. The van der Waals surface area contributed by atoms with Gasteiger partial charge < -0.3 is 19.3 Å². The van der Waals surface area contributed by atoms with Crippen LogP contribution in [0.5, 0.6) is 11.5 Å². The Hall–Kier alpha value is -2.99. The van der Waals surface area contributed by atoms with Crippen LogP contribution in [0.3, 0.4) is 0 Å². The van der Waals surface area contributed by atoms with E-state index in [4.69, 9.17) is 16.3 Å². The van der Waals surface area contributed by atoms with Gasteiger partial charge in [-0.3, -0.25) is 4.79 Å². The van der Waals surface area contributed by atoms with Gasteiger partial charge in [-0.05, 0) is 36.4 Å². The number of halogens is 2. The number of carbonyl (C=O) groups is 1. The van der Waals surface area contributed by atoms with E-state index in [-0.39, 0.29) is 11.5 Å². The molecule has 2 aliphatic rings. The van der Waals surface area contributed by atoms with E-state index in [0.29, 0.717) is 36.7 Å². The first-order chi connectivity index (χ1) is 14.0. The highest BCUT2D eigenvalue weighted by Gasteiger charge is 2.44. The molecule has 0 bridgehead atoms. The number of benzene rings is 2. The van der Waals surface area contributed by atoms with Crippen LogP contribution in [0, 0.1) is 5.82 Å². The summed E-state index contributed by atoms with van der Waals surface area (Å²) in [5, 5.41) is 10.5. The second-order valence-electron chi connectivity index (χ2n) is 7.40. The van der Waals surface area contributed by atoms with E-state index >= 15 is 0 Å². The SMILES string of the molecule is O=C(c1cccc(F)c1O)N1CCC2(CC1)Oc1cc(Cl)ccc1-n1cccc12. The molecular weight excluding hydrogens is 395 g/mol. The molecule has 0 saturated carbocycles. The van der Waals surface area contributed by atoms with Gasteiger partial charge in [-0.25, -0.2) is 4.39 Å². The summed E-state index contributed by atoms with van der Waals surface area (Å²) < 4.78 is 22.2. The van der Waals surface area contributed by atoms with Crippen molar-refractivity contribution in [2.24, 2.45) is 0 Å². The Morgan fingerprint density at radius 2 is 1.93 bits per heavy atom. The summed E-state index contributed by atoms with van der Waals surface area (Å²) in [6.45, 7) is 0.853. The van der Waals surface area contributed by atoms with Gasteiger partial charge in [0.2, 0.25) is 0 Å². The first kappa shape index (κ1) is 18.1. The van der Waals surface area contributed by atoms with E-state index in [2.05, 4.69) is 4.57 Å². The van der Waals surface area contributed by atoms with E-state index in [0.717, 1.165) is 17.4 Å². The van der Waals surface area contributed by atoms with Crippen LogP contribution in [0.2, 0.25) is 5.02 Å². The van der Waals surface area contributed by atoms with Crippen LogP contribution in [-0.4, -0.2) is 33.6 Å². The van der Waals surface area contributed by atoms with Crippen LogP contribution >= 0.6 is 11.6 Å². The molecule has 1 fully saturated rings. The predicted octanol–water partition coefficient (Wildman–Crippen LogP) is 4.50. The van der Waals surface area contributed by atoms with Crippen molar-refractivity contribution in [2.75, 3.05) is 13.1 Å². The van der Waals surface area contributed by atoms with E-state index < -0.39 is 17.2 Å². The third-order valence-electron chi connectivity index (χ3n) is 5.78. The standard InChI is InChI=1S/C22H18ClFN2O3/c23-14-6-7-17-18(13-14)29-22(19-5-2-10-26(17)19)8-11-25(12-9-22)21(28)15-3-1-4-16(24)20(15)27/h1-7,10,13,27H,8-9,11-12H2. The minimum atomic E-state index is -0.800. The number of phenols is 1. The van der Waals surface area contributed by atoms with Crippen LogP contribution in [0.1, 0.15) is 28.9 Å². The average molecular weight is 413 g/mol. The molecule has 5 nitrogen and oxygen atoms in total. The highest BCUT2D eigenvalue weighted by atomic mass is 35.5. The third-order valence-corrected chi connectivity index (χ3v) is 6.01. The van der Waals surface area contributed by atoms with Crippen LogP contribution in [-0.2, 0) is 5.60 Å². The molecule has 1 spiro atoms. The molecule has 1 saturated heterocycles. The van der Waals surface area contributed by atoms with Crippen molar-refractivity contribution in [3.05, 3.63) is 76.8 Å². The number of piperidine rings is 1. The van der Waals surface area contributed by atoms with Crippen molar-refractivity contribution in [3.63, 3.8) is 0 Å². The van der Waals surface area contributed by atoms with Gasteiger partial charge in [0, 0.05) is 43.2 Å². The molecule has 3 heterocycles. The maximum absolute atomic E-state index is 13.6. The first-order valence-electron chi connectivity index (χ1n) is 9.42. The normalized spacial score (nSPS) is 16.8. The molecule has 5 rings (SSSR count). The maximum Gasteiger partial charge on any atom is 0.257 e. The Bertz CT molecular complexity index is 1120. The van der Waals surface area contributed by atoms with Gasteiger partial charge in [0.05, 0.1) is 16.9 Å². The molecule has 1 aromatic heterocycles. The number of phenolic OH excluding ortho intramolecular Hbond substituents is 1. The molecule has 29 heavy (non-hydrogen) atoms. The highest BCUT2D eigenvalue weighted by molar-refractivity contribution is 6.30. The van der Waals surface area contributed by atoms with Crippen molar-refractivity contribution in [1.29, 1.82) is 0 Å². The number of aromatic nitrogens is 1. The Labute approximate surface area is 171 Å². The summed E-state index contributed by atoms with van der Waals surface area (Å²) in [7, 11) is 0. The monoisotopic (exact) mass is 412 g/mol. The lowest BCUT2D eigenvalue weighted by atomic mass is 9.86. The molecule has 7 heteroatoms. The predicted molar refractivity (Wildman–Crippen MR) is 106 cm³/mol. The number of nitrogens with zero attached hydrogens (tertiary/aromatic N) is 2. The zero-order valence-corrected chi connectivity index (χ0v) is 16.2. The van der Waals surface area contributed by atoms with Gasteiger partial charge >= 0.3 is 0 Å². The molecule has 0 aliphatic carbocycles. The fraction of sp³-hybridized carbons (Fsp3) is 0.227. The first-order valence-corrected chi connectivity index (χ1v) is 9.80. The third kappa shape index (κ3) is 2.78. The smallest absolute Gasteiger partial charge is 0.257 e. The van der Waals surface area contributed by atoms with Crippen molar-refractivity contribution in [2.45, 2.75) is 18.4 Å². The molecular formula is C22H18ClFN2O3. The molecule has 1 amide bonds. The van der Waals surface area contributed by atoms with Gasteiger partial charge in [0.15, 0.2) is 17.2 Å². The fourth-order valence-corrected chi connectivity index (χ4v) is 4.44. The molecule has 2 aromatic carbocycles. The zero-order valence-electron chi connectivity index (χ0n) is 15.4. The Kier molecular flexibility index (Phi) is 4.06. The van der Waals surface area contributed by atoms with Crippen molar-refractivity contribution < 1.29 is 19.0 Å². The number of hydrogen-bond donors (Lipinski definition) is 1. The Balaban J connectivity index is 1.43. The average Bonchev–Trinajstić information content (AvgIpc) is 3.21. The summed E-state index contributed by atoms with van der Waals surface area (Å²) in [6.07, 6.45) is 3.14. The number of fused-ring (bicyclic) bond motifs is 4. The molecule has 0 atom stereocenters. The summed E-state index contributed by atoms with van der Waals surface area (Å²) in [6, 6.07) is 13.6. The van der Waals surface area contributed by atoms with Gasteiger partial charge in [-0.15, -0.1) is 0 Å². The lowest BCUT2D eigenvalue weighted by Crippen LogP contribution is -2.50. The number of rotatable bonds is 1. The molecule has 0 unspecified atom stereocenters. The number of hydrogen-bond acceptors (Lipinski definition) is 3. The zero-order chi connectivity index (χ0) is 20.2. The van der Waals surface area contributed by atoms with E-state index in [1.165, 1.54) is 12.1 Å². The number of amides is 1. The summed E-state index contributed by atoms with van der Waals surface area (Å²) in [4.78, 5) is 14.4. The molecule has 3 aromatic rings. The summed E-state index contributed by atoms with van der Waals surface area (Å²) in [5.74, 6) is -1.08. The maximum atomic E-state index is 13.6. The largest absolute Gasteiger partial charge is 0.504 e. The number of aromatic hydroxyl groups is 1. The highest BCUT2D eigenvalue weighted by Crippen LogP contribution is 2.46. The lowest BCUT2D eigenvalue weighted by molar-refractivity contribution is -0.00937. The van der Waals surface area contributed by atoms with Gasteiger partial charge in [-0.2, -0.15) is 0 Å². The minimum absolute atomic E-state index is 0.0222. The van der Waals surface area contributed by atoms with Crippen LogP contribution in [0.4, 0.5) is 4.39 Å². The van der Waals surface area contributed by atoms with Gasteiger partial charge in [0.25, 0.3) is 5.91 Å². The van der Waals surface area contributed by atoms with Gasteiger partial charge in [0.1, 0.15) is 5.75 Å². The number of carbonyl (C=O) groups excluding carboxylic acids is 1. The van der Waals surface area contributed by atoms with Crippen molar-refractivity contribution in [1.82, 2.24) is 9.47 Å². The quantitative estimate of drug-likeness (QED) is 0.640. The Morgan fingerprint density at radius 3 is 2.72 bits per heavy atom. The summed E-state index contributed by atoms with van der Waals surface area (Å²) in [5.41, 5.74) is 1.38. The lowest BCUT2D eigenvalue weighted by Gasteiger charge is -2.45. The van der Waals surface area contributed by atoms with Crippen LogP contribution in [0.25, 0.3) is 5.69 Å². The second-order valence-corrected chi connectivity index (χ2v) is 7.84. The van der Waals surface area contributed by atoms with E-state index in [1.807, 2.05) is 36.5 Å². The molecule has 2 aliphatic heterocycles. The van der Waals surface area contributed by atoms with Crippen molar-refractivity contribution in [3.8, 4) is 17.2 Å².